The lowest BCUT2D eigenvalue weighted by molar-refractivity contribution is -0.385. The number of benzene rings is 2. The highest BCUT2D eigenvalue weighted by atomic mass is 32.2. The fraction of sp³-hybridized carbons (Fsp3) is 0.200. The van der Waals surface area contributed by atoms with Crippen molar-refractivity contribution in [2.45, 2.75) is 17.4 Å². The standard InChI is InChI=1S/C15H14N2O5S/c18-15-8-9-16(14-7-2-1-6-13(14)15)23(21,22)12-5-3-4-11(10-12)17(19)20/h1-7,10,15,18H,8-9H2. The largest absolute Gasteiger partial charge is 0.388 e. The summed E-state index contributed by atoms with van der Waals surface area (Å²) in [6.45, 7) is 0.114. The van der Waals surface area contributed by atoms with E-state index in [0.717, 1.165) is 6.07 Å². The van der Waals surface area contributed by atoms with Gasteiger partial charge in [0.2, 0.25) is 0 Å². The summed E-state index contributed by atoms with van der Waals surface area (Å²) in [5.74, 6) is 0. The number of aliphatic hydroxyl groups excluding tert-OH is 1. The minimum absolute atomic E-state index is 0.114. The van der Waals surface area contributed by atoms with Gasteiger partial charge >= 0.3 is 0 Å². The molecule has 1 heterocycles. The van der Waals surface area contributed by atoms with E-state index in [1.54, 1.807) is 24.3 Å². The Bertz CT molecular complexity index is 866. The van der Waals surface area contributed by atoms with Crippen LogP contribution in [0.4, 0.5) is 11.4 Å². The molecule has 0 radical (unpaired) electrons. The predicted octanol–water partition coefficient (Wildman–Crippen LogP) is 2.23. The summed E-state index contributed by atoms with van der Waals surface area (Å²) in [5, 5.41) is 20.9. The third kappa shape index (κ3) is 2.66. The molecular weight excluding hydrogens is 320 g/mol. The lowest BCUT2D eigenvalue weighted by Gasteiger charge is -2.32. The van der Waals surface area contributed by atoms with Gasteiger partial charge in [-0.1, -0.05) is 24.3 Å². The summed E-state index contributed by atoms with van der Waals surface area (Å²) in [5.41, 5.74) is 0.655. The van der Waals surface area contributed by atoms with Gasteiger partial charge in [0.1, 0.15) is 0 Å². The van der Waals surface area contributed by atoms with E-state index in [1.807, 2.05) is 0 Å². The highest BCUT2D eigenvalue weighted by molar-refractivity contribution is 7.92. The molecule has 23 heavy (non-hydrogen) atoms. The number of sulfonamides is 1. The number of anilines is 1. The first-order chi connectivity index (χ1) is 10.9. The van der Waals surface area contributed by atoms with Crippen LogP contribution < -0.4 is 4.31 Å². The van der Waals surface area contributed by atoms with Crippen LogP contribution in [0, 0.1) is 10.1 Å². The Morgan fingerprint density at radius 2 is 1.91 bits per heavy atom. The SMILES string of the molecule is O=[N+]([O-])c1cccc(S(=O)(=O)N2CCC(O)c3ccccc32)c1. The van der Waals surface area contributed by atoms with E-state index < -0.39 is 21.1 Å². The van der Waals surface area contributed by atoms with E-state index in [4.69, 9.17) is 0 Å². The van der Waals surface area contributed by atoms with Crippen LogP contribution in [0.1, 0.15) is 18.1 Å². The molecule has 0 spiro atoms. The van der Waals surface area contributed by atoms with Crippen LogP contribution in [0.25, 0.3) is 0 Å². The maximum absolute atomic E-state index is 12.9. The van der Waals surface area contributed by atoms with E-state index in [9.17, 15) is 23.6 Å². The van der Waals surface area contributed by atoms with Gasteiger partial charge in [-0.25, -0.2) is 8.42 Å². The van der Waals surface area contributed by atoms with Crippen LogP contribution in [0.2, 0.25) is 0 Å². The van der Waals surface area contributed by atoms with Gasteiger partial charge in [0.05, 0.1) is 21.6 Å². The second-order valence-corrected chi connectivity index (χ2v) is 7.06. The molecule has 3 rings (SSSR count). The Labute approximate surface area is 133 Å². The molecule has 2 aromatic rings. The molecule has 0 aliphatic carbocycles. The van der Waals surface area contributed by atoms with Crippen molar-refractivity contribution in [1.82, 2.24) is 0 Å². The van der Waals surface area contributed by atoms with Gasteiger partial charge in [0.15, 0.2) is 0 Å². The topological polar surface area (TPSA) is 101 Å². The van der Waals surface area contributed by atoms with Gasteiger partial charge < -0.3 is 5.11 Å². The molecule has 1 N–H and O–H groups in total. The van der Waals surface area contributed by atoms with Crippen molar-refractivity contribution >= 4 is 21.4 Å². The molecule has 7 nitrogen and oxygen atoms in total. The molecule has 1 aliphatic heterocycles. The molecule has 2 aromatic carbocycles. The number of aliphatic hydroxyl groups is 1. The van der Waals surface area contributed by atoms with Gasteiger partial charge in [0, 0.05) is 24.2 Å². The minimum Gasteiger partial charge on any atom is -0.388 e. The van der Waals surface area contributed by atoms with Crippen molar-refractivity contribution in [3.8, 4) is 0 Å². The minimum atomic E-state index is -3.94. The number of nitro benzene ring substituents is 1. The quantitative estimate of drug-likeness (QED) is 0.685. The van der Waals surface area contributed by atoms with Gasteiger partial charge in [-0.3, -0.25) is 14.4 Å². The van der Waals surface area contributed by atoms with E-state index in [1.165, 1.54) is 22.5 Å². The van der Waals surface area contributed by atoms with Crippen molar-refractivity contribution in [2.75, 3.05) is 10.8 Å². The number of nitro groups is 1. The van der Waals surface area contributed by atoms with Crippen LogP contribution in [-0.2, 0) is 10.0 Å². The molecule has 120 valence electrons. The van der Waals surface area contributed by atoms with Crippen molar-refractivity contribution in [3.05, 3.63) is 64.2 Å². The molecule has 1 aliphatic rings. The van der Waals surface area contributed by atoms with Crippen molar-refractivity contribution < 1.29 is 18.4 Å². The maximum Gasteiger partial charge on any atom is 0.270 e. The molecule has 0 aromatic heterocycles. The normalized spacial score (nSPS) is 17.6. The Kier molecular flexibility index (Phi) is 3.78. The van der Waals surface area contributed by atoms with Crippen LogP contribution in [0.3, 0.4) is 0 Å². The Balaban J connectivity index is 2.09. The molecule has 8 heteroatoms. The first kappa shape index (κ1) is 15.4. The van der Waals surface area contributed by atoms with Crippen LogP contribution in [0.15, 0.2) is 53.4 Å². The first-order valence-electron chi connectivity index (χ1n) is 6.95. The Morgan fingerprint density at radius 1 is 1.17 bits per heavy atom. The molecule has 0 fully saturated rings. The molecule has 0 bridgehead atoms. The summed E-state index contributed by atoms with van der Waals surface area (Å²) in [7, 11) is -3.94. The number of nitrogens with zero attached hydrogens (tertiary/aromatic N) is 2. The summed E-state index contributed by atoms with van der Waals surface area (Å²) in [6, 6.07) is 11.7. The lowest BCUT2D eigenvalue weighted by atomic mass is 10.0. The first-order valence-corrected chi connectivity index (χ1v) is 8.39. The summed E-state index contributed by atoms with van der Waals surface area (Å²) < 4.78 is 26.9. The second-order valence-electron chi connectivity index (χ2n) is 5.19. The van der Waals surface area contributed by atoms with Crippen LogP contribution >= 0.6 is 0 Å². The molecule has 1 unspecified atom stereocenters. The molecule has 0 saturated carbocycles. The van der Waals surface area contributed by atoms with Crippen molar-refractivity contribution in [2.24, 2.45) is 0 Å². The maximum atomic E-state index is 12.9. The zero-order valence-electron chi connectivity index (χ0n) is 12.0. The molecule has 1 atom stereocenters. The highest BCUT2D eigenvalue weighted by Gasteiger charge is 2.32. The predicted molar refractivity (Wildman–Crippen MR) is 83.6 cm³/mol. The van der Waals surface area contributed by atoms with Gasteiger partial charge in [-0.15, -0.1) is 0 Å². The monoisotopic (exact) mass is 334 g/mol. The third-order valence-electron chi connectivity index (χ3n) is 3.79. The van der Waals surface area contributed by atoms with Crippen LogP contribution in [-0.4, -0.2) is 25.0 Å². The smallest absolute Gasteiger partial charge is 0.270 e. The molecule has 0 saturated heterocycles. The van der Waals surface area contributed by atoms with E-state index in [2.05, 4.69) is 0 Å². The van der Waals surface area contributed by atoms with Crippen LogP contribution in [0.5, 0.6) is 0 Å². The van der Waals surface area contributed by atoms with Crippen molar-refractivity contribution in [3.63, 3.8) is 0 Å². The lowest BCUT2D eigenvalue weighted by Crippen LogP contribution is -2.36. The Hall–Kier alpha value is -2.45. The summed E-state index contributed by atoms with van der Waals surface area (Å²) in [6.07, 6.45) is -0.451. The van der Waals surface area contributed by atoms with Crippen molar-refractivity contribution in [1.29, 1.82) is 0 Å². The summed E-state index contributed by atoms with van der Waals surface area (Å²) >= 11 is 0. The Morgan fingerprint density at radius 3 is 2.65 bits per heavy atom. The number of hydrogen-bond acceptors (Lipinski definition) is 5. The fourth-order valence-electron chi connectivity index (χ4n) is 2.65. The van der Waals surface area contributed by atoms with E-state index >= 15 is 0 Å². The van der Waals surface area contributed by atoms with Gasteiger partial charge in [-0.2, -0.15) is 0 Å². The second kappa shape index (κ2) is 5.64. The number of fused-ring (bicyclic) bond motifs is 1. The zero-order valence-corrected chi connectivity index (χ0v) is 12.8. The average molecular weight is 334 g/mol. The fourth-order valence-corrected chi connectivity index (χ4v) is 4.19. The summed E-state index contributed by atoms with van der Waals surface area (Å²) in [4.78, 5) is 10.1. The van der Waals surface area contributed by atoms with E-state index in [0.29, 0.717) is 11.3 Å². The van der Waals surface area contributed by atoms with E-state index in [-0.39, 0.29) is 23.5 Å². The third-order valence-corrected chi connectivity index (χ3v) is 5.60. The number of hydrogen-bond donors (Lipinski definition) is 1. The van der Waals surface area contributed by atoms with Gasteiger partial charge in [0.25, 0.3) is 15.7 Å². The number of rotatable bonds is 3. The average Bonchev–Trinajstić information content (AvgIpc) is 2.55. The number of non-ortho nitro benzene ring substituents is 1. The molecule has 0 amide bonds. The highest BCUT2D eigenvalue weighted by Crippen LogP contribution is 2.37. The molecular formula is C15H14N2O5S. The van der Waals surface area contributed by atoms with Gasteiger partial charge in [-0.05, 0) is 18.6 Å². The zero-order chi connectivity index (χ0) is 16.6. The number of para-hydroxylation sites is 1.